The molecule has 106 valence electrons. The van der Waals surface area contributed by atoms with Crippen LogP contribution in [0.4, 0.5) is 0 Å². The average molecular weight is 336 g/mol. The molecule has 1 N–H and O–H groups in total. The monoisotopic (exact) mass is 335 g/mol. The number of H-pyrrole nitrogens is 1. The molecule has 1 aliphatic heterocycles. The maximum atomic E-state index is 12.8. The number of aryl methyl sites for hydroxylation is 1. The molecule has 20 heavy (non-hydrogen) atoms. The standard InChI is InChI=1S/C15H18BrN3O/c1-2-18-10-11(16)9-14(18)15(20)19-8-4-6-13(19)12-5-3-7-17-12/h3,5,7,9-10,13,17H,2,4,6,8H2,1H3. The molecule has 3 rings (SSSR count). The lowest BCUT2D eigenvalue weighted by molar-refractivity contribution is 0.0722. The number of rotatable bonds is 3. The van der Waals surface area contributed by atoms with Gasteiger partial charge in [0, 0.05) is 35.6 Å². The van der Waals surface area contributed by atoms with Crippen LogP contribution in [0, 0.1) is 0 Å². The van der Waals surface area contributed by atoms with Crippen LogP contribution < -0.4 is 0 Å². The molecule has 1 saturated heterocycles. The zero-order valence-corrected chi connectivity index (χ0v) is 13.1. The van der Waals surface area contributed by atoms with Gasteiger partial charge in [-0.1, -0.05) is 0 Å². The smallest absolute Gasteiger partial charge is 0.271 e. The first kappa shape index (κ1) is 13.5. The second-order valence-corrected chi connectivity index (χ2v) is 6.03. The number of aromatic nitrogens is 2. The number of nitrogens with one attached hydrogen (secondary N) is 1. The summed E-state index contributed by atoms with van der Waals surface area (Å²) < 4.78 is 2.95. The van der Waals surface area contributed by atoms with Gasteiger partial charge in [0.05, 0.1) is 6.04 Å². The summed E-state index contributed by atoms with van der Waals surface area (Å²) in [6.07, 6.45) is 5.97. The third kappa shape index (κ3) is 2.30. The Morgan fingerprint density at radius 1 is 1.55 bits per heavy atom. The van der Waals surface area contributed by atoms with Crippen molar-refractivity contribution in [1.82, 2.24) is 14.5 Å². The third-order valence-corrected chi connectivity index (χ3v) is 4.35. The fourth-order valence-corrected chi connectivity index (χ4v) is 3.41. The molecule has 4 nitrogen and oxygen atoms in total. The van der Waals surface area contributed by atoms with E-state index < -0.39 is 0 Å². The van der Waals surface area contributed by atoms with Crippen LogP contribution in [0.2, 0.25) is 0 Å². The first-order chi connectivity index (χ1) is 9.70. The highest BCUT2D eigenvalue weighted by atomic mass is 79.9. The summed E-state index contributed by atoms with van der Waals surface area (Å²) in [5, 5.41) is 0. The molecular weight excluding hydrogens is 318 g/mol. The molecule has 0 saturated carbocycles. The van der Waals surface area contributed by atoms with E-state index in [9.17, 15) is 4.79 Å². The number of hydrogen-bond donors (Lipinski definition) is 1. The zero-order valence-electron chi connectivity index (χ0n) is 11.5. The first-order valence-corrected chi connectivity index (χ1v) is 7.80. The van der Waals surface area contributed by atoms with Crippen molar-refractivity contribution in [3.8, 4) is 0 Å². The van der Waals surface area contributed by atoms with Crippen LogP contribution >= 0.6 is 15.9 Å². The molecular formula is C15H18BrN3O. The van der Waals surface area contributed by atoms with Crippen LogP contribution in [0.1, 0.15) is 42.0 Å². The molecule has 1 amide bonds. The Morgan fingerprint density at radius 2 is 2.40 bits per heavy atom. The summed E-state index contributed by atoms with van der Waals surface area (Å²) in [6.45, 7) is 3.68. The van der Waals surface area contributed by atoms with Gasteiger partial charge in [-0.15, -0.1) is 0 Å². The van der Waals surface area contributed by atoms with Gasteiger partial charge in [0.2, 0.25) is 0 Å². The molecule has 0 spiro atoms. The van der Waals surface area contributed by atoms with Gasteiger partial charge in [-0.2, -0.15) is 0 Å². The van der Waals surface area contributed by atoms with Crippen molar-refractivity contribution < 1.29 is 4.79 Å². The molecule has 1 unspecified atom stereocenters. The van der Waals surface area contributed by atoms with Crippen LogP contribution in [0.25, 0.3) is 0 Å². The fourth-order valence-electron chi connectivity index (χ4n) is 2.95. The zero-order chi connectivity index (χ0) is 14.1. The summed E-state index contributed by atoms with van der Waals surface area (Å²) in [5.41, 5.74) is 1.89. The summed E-state index contributed by atoms with van der Waals surface area (Å²) in [7, 11) is 0. The van der Waals surface area contributed by atoms with Crippen molar-refractivity contribution >= 4 is 21.8 Å². The van der Waals surface area contributed by atoms with Crippen LogP contribution in [0.5, 0.6) is 0 Å². The van der Waals surface area contributed by atoms with E-state index in [1.165, 1.54) is 0 Å². The second kappa shape index (κ2) is 5.48. The summed E-state index contributed by atoms with van der Waals surface area (Å²) in [6, 6.07) is 6.14. The highest BCUT2D eigenvalue weighted by Crippen LogP contribution is 2.32. The maximum absolute atomic E-state index is 12.8. The van der Waals surface area contributed by atoms with E-state index in [1.807, 2.05) is 34.0 Å². The largest absolute Gasteiger partial charge is 0.363 e. The van der Waals surface area contributed by atoms with Crippen molar-refractivity contribution in [1.29, 1.82) is 0 Å². The molecule has 0 aliphatic carbocycles. The van der Waals surface area contributed by atoms with E-state index in [4.69, 9.17) is 0 Å². The minimum absolute atomic E-state index is 0.120. The quantitative estimate of drug-likeness (QED) is 0.915. The number of carbonyl (C=O) groups is 1. The predicted molar refractivity (Wildman–Crippen MR) is 81.6 cm³/mol. The van der Waals surface area contributed by atoms with Gasteiger partial charge in [-0.25, -0.2) is 0 Å². The lowest BCUT2D eigenvalue weighted by atomic mass is 10.1. The number of carbonyl (C=O) groups excluding carboxylic acids is 1. The van der Waals surface area contributed by atoms with E-state index in [1.54, 1.807) is 0 Å². The molecule has 1 atom stereocenters. The topological polar surface area (TPSA) is 41.0 Å². The van der Waals surface area contributed by atoms with Gasteiger partial charge in [0.15, 0.2) is 0 Å². The van der Waals surface area contributed by atoms with Crippen molar-refractivity contribution in [2.75, 3.05) is 6.54 Å². The van der Waals surface area contributed by atoms with E-state index in [2.05, 4.69) is 33.9 Å². The van der Waals surface area contributed by atoms with Gasteiger partial charge in [0.1, 0.15) is 5.69 Å². The van der Waals surface area contributed by atoms with Gasteiger partial charge >= 0.3 is 0 Å². The highest BCUT2D eigenvalue weighted by Gasteiger charge is 2.32. The first-order valence-electron chi connectivity index (χ1n) is 7.00. The Labute approximate surface area is 126 Å². The van der Waals surface area contributed by atoms with Gasteiger partial charge in [-0.3, -0.25) is 4.79 Å². The van der Waals surface area contributed by atoms with Crippen molar-refractivity contribution in [3.05, 3.63) is 46.5 Å². The van der Waals surface area contributed by atoms with Crippen LogP contribution in [0.15, 0.2) is 35.1 Å². The Morgan fingerprint density at radius 3 is 3.10 bits per heavy atom. The molecule has 1 aliphatic rings. The van der Waals surface area contributed by atoms with Gasteiger partial charge in [0.25, 0.3) is 5.91 Å². The van der Waals surface area contributed by atoms with Gasteiger partial charge < -0.3 is 14.5 Å². The number of hydrogen-bond acceptors (Lipinski definition) is 1. The van der Waals surface area contributed by atoms with E-state index in [-0.39, 0.29) is 11.9 Å². The Bertz CT molecular complexity index is 603. The highest BCUT2D eigenvalue weighted by molar-refractivity contribution is 9.10. The lowest BCUT2D eigenvalue weighted by Gasteiger charge is -2.24. The predicted octanol–water partition coefficient (Wildman–Crippen LogP) is 3.58. The molecule has 3 heterocycles. The van der Waals surface area contributed by atoms with Crippen molar-refractivity contribution in [3.63, 3.8) is 0 Å². The van der Waals surface area contributed by atoms with Crippen molar-refractivity contribution in [2.24, 2.45) is 0 Å². The van der Waals surface area contributed by atoms with Crippen molar-refractivity contribution in [2.45, 2.75) is 32.4 Å². The summed E-state index contributed by atoms with van der Waals surface area (Å²) in [4.78, 5) is 18.0. The molecule has 0 aromatic carbocycles. The number of amides is 1. The molecule has 0 bridgehead atoms. The van der Waals surface area contributed by atoms with Gasteiger partial charge in [-0.05, 0) is 53.9 Å². The summed E-state index contributed by atoms with van der Waals surface area (Å²) >= 11 is 3.46. The molecule has 2 aromatic heterocycles. The Hall–Kier alpha value is -1.49. The second-order valence-electron chi connectivity index (χ2n) is 5.11. The van der Waals surface area contributed by atoms with E-state index >= 15 is 0 Å². The minimum atomic E-state index is 0.120. The average Bonchev–Trinajstić information content (AvgIpc) is 3.16. The van der Waals surface area contributed by atoms with E-state index in [0.717, 1.165) is 41.8 Å². The summed E-state index contributed by atoms with van der Waals surface area (Å²) in [5.74, 6) is 0.120. The molecule has 2 aromatic rings. The van der Waals surface area contributed by atoms with Crippen LogP contribution in [0.3, 0.4) is 0 Å². The van der Waals surface area contributed by atoms with Crippen LogP contribution in [-0.2, 0) is 6.54 Å². The number of aromatic amines is 1. The Balaban J connectivity index is 1.89. The lowest BCUT2D eigenvalue weighted by Crippen LogP contribution is -2.32. The fraction of sp³-hybridized carbons (Fsp3) is 0.400. The molecule has 5 heteroatoms. The Kier molecular flexibility index (Phi) is 3.70. The van der Waals surface area contributed by atoms with Crippen LogP contribution in [-0.4, -0.2) is 26.9 Å². The number of halogens is 1. The molecule has 1 fully saturated rings. The number of nitrogens with zero attached hydrogens (tertiary/aromatic N) is 2. The number of likely N-dealkylation sites (tertiary alicyclic amines) is 1. The minimum Gasteiger partial charge on any atom is -0.363 e. The third-order valence-electron chi connectivity index (χ3n) is 3.92. The van der Waals surface area contributed by atoms with E-state index in [0.29, 0.717) is 0 Å². The SMILES string of the molecule is CCn1cc(Br)cc1C(=O)N1CCCC1c1ccc[nH]1. The normalized spacial score (nSPS) is 18.7. The maximum Gasteiger partial charge on any atom is 0.271 e. The molecule has 0 radical (unpaired) electrons.